The lowest BCUT2D eigenvalue weighted by molar-refractivity contribution is -0.383. The third-order valence-corrected chi connectivity index (χ3v) is 12.3. The van der Waals surface area contributed by atoms with E-state index >= 15 is 0 Å². The Labute approximate surface area is 390 Å². The van der Waals surface area contributed by atoms with E-state index in [0.717, 1.165) is 67.7 Å². The molecule has 9 rings (SSSR count). The van der Waals surface area contributed by atoms with Crippen LogP contribution in [0, 0.1) is 21.7 Å². The van der Waals surface area contributed by atoms with Gasteiger partial charge in [0.25, 0.3) is 5.69 Å². The Morgan fingerprint density at radius 3 is 1.81 bits per heavy atom. The Morgan fingerprint density at radius 2 is 1.21 bits per heavy atom. The number of nitrogens with one attached hydrogen (secondary N) is 6. The van der Waals surface area contributed by atoms with Crippen molar-refractivity contribution in [3.8, 4) is 0 Å². The molecule has 0 unspecified atom stereocenters. The number of aromatic nitrogens is 8. The Hall–Kier alpha value is -7.46. The number of fused-ring (bicyclic) bond motifs is 3. The highest BCUT2D eigenvalue weighted by Crippen LogP contribution is 2.29. The number of hydrogen-bond donors (Lipinski definition) is 6. The molecular weight excluding hydrogens is 899 g/mol. The van der Waals surface area contributed by atoms with Crippen molar-refractivity contribution < 1.29 is 18.5 Å². The molecule has 0 aliphatic rings. The Kier molecular flexibility index (Phi) is 15.6. The summed E-state index contributed by atoms with van der Waals surface area (Å²) in [4.78, 5) is 56.8. The number of imidazole rings is 1. The Bertz CT molecular complexity index is 3080. The van der Waals surface area contributed by atoms with Crippen LogP contribution in [0.1, 0.15) is 33.6 Å². The first kappa shape index (κ1) is 46.1. The molecule has 0 aliphatic carbocycles. The minimum Gasteiger partial charge on any atom is -0.362 e. The van der Waals surface area contributed by atoms with E-state index in [-0.39, 0.29) is 48.4 Å². The van der Waals surface area contributed by atoms with Gasteiger partial charge in [-0.25, -0.2) is 33.7 Å². The fourth-order valence-electron chi connectivity index (χ4n) is 6.83. The number of rotatable bonds is 20. The Balaban J connectivity index is 0.000000182. The number of nitro benzene ring substituents is 1. The molecule has 0 atom stereocenters. The van der Waals surface area contributed by atoms with Gasteiger partial charge in [-0.1, -0.05) is 24.3 Å². The number of aromatic amines is 1. The number of carbonyl (C=O) groups is 1. The zero-order chi connectivity index (χ0) is 46.4. The molecule has 7 heterocycles. The van der Waals surface area contributed by atoms with Crippen molar-refractivity contribution in [3.63, 3.8) is 0 Å². The summed E-state index contributed by atoms with van der Waals surface area (Å²) in [6, 6.07) is 23.8. The number of amides is 1. The fraction of sp³-hybridized carbons (Fsp3) is 0.217. The number of H-pyrrole nitrogens is 1. The summed E-state index contributed by atoms with van der Waals surface area (Å²) < 4.78 is 29.7. The summed E-state index contributed by atoms with van der Waals surface area (Å²) in [5.41, 5.74) is 4.30. The molecule has 2 aromatic carbocycles. The highest BCUT2D eigenvalue weighted by Gasteiger charge is 2.16. The molecule has 0 aliphatic heterocycles. The third-order valence-electron chi connectivity index (χ3n) is 10.1. The summed E-state index contributed by atoms with van der Waals surface area (Å²) in [6.07, 6.45) is 9.04. The van der Waals surface area contributed by atoms with Gasteiger partial charge in [0.2, 0.25) is 5.91 Å². The molecule has 67 heavy (non-hydrogen) atoms. The topological polar surface area (TPSA) is 226 Å². The molecule has 1 amide bonds. The summed E-state index contributed by atoms with van der Waals surface area (Å²) >= 11 is 3.20. The van der Waals surface area contributed by atoms with Gasteiger partial charge in [-0.2, -0.15) is 0 Å². The average molecular weight is 943 g/mol. The molecule has 7 aromatic heterocycles. The van der Waals surface area contributed by atoms with Crippen molar-refractivity contribution >= 4 is 83.1 Å². The number of para-hydroxylation sites is 4. The summed E-state index contributed by atoms with van der Waals surface area (Å²) in [6.45, 7) is 3.15. The van der Waals surface area contributed by atoms with E-state index in [1.165, 1.54) is 30.5 Å². The number of benzene rings is 2. The van der Waals surface area contributed by atoms with E-state index in [4.69, 9.17) is 4.98 Å². The molecule has 0 spiro atoms. The van der Waals surface area contributed by atoms with E-state index in [1.54, 1.807) is 65.5 Å². The van der Waals surface area contributed by atoms with Crippen LogP contribution in [0.5, 0.6) is 0 Å². The van der Waals surface area contributed by atoms with Crippen LogP contribution in [0.2, 0.25) is 0 Å². The molecule has 0 saturated carbocycles. The zero-order valence-corrected chi connectivity index (χ0v) is 37.5. The van der Waals surface area contributed by atoms with Crippen LogP contribution in [0.25, 0.3) is 31.5 Å². The summed E-state index contributed by atoms with van der Waals surface area (Å²) in [7, 11) is 0. The van der Waals surface area contributed by atoms with Gasteiger partial charge in [-0.05, 0) is 54.6 Å². The van der Waals surface area contributed by atoms with Crippen LogP contribution in [0.4, 0.5) is 31.8 Å². The van der Waals surface area contributed by atoms with Crippen molar-refractivity contribution in [2.45, 2.75) is 38.8 Å². The molecule has 0 fully saturated rings. The predicted molar refractivity (Wildman–Crippen MR) is 257 cm³/mol. The van der Waals surface area contributed by atoms with Crippen LogP contribution in [0.3, 0.4) is 0 Å². The minimum atomic E-state index is -0.529. The number of nitro groups is 1. The maximum absolute atomic E-state index is 13.8. The lowest BCUT2D eigenvalue weighted by Crippen LogP contribution is -2.23. The van der Waals surface area contributed by atoms with E-state index in [1.807, 2.05) is 36.4 Å². The van der Waals surface area contributed by atoms with Gasteiger partial charge in [0.05, 0.1) is 59.8 Å². The zero-order valence-electron chi connectivity index (χ0n) is 35.8. The first-order chi connectivity index (χ1) is 32.8. The maximum Gasteiger partial charge on any atom is 0.292 e. The standard InChI is InChI=1S/C23H22FN7O3S.C23H22FN7S/c24-15-4-3-10-26-17(15)14-28-23-22-19(7-13-27-23)35-21(30-22)9-12-25-11-8-20(32)29-16-5-1-2-6-18(16)31(33)34;24-15-4-3-10-26-18(15)14-28-23-22-19(7-13-27-23)32-21(31-22)9-12-25-11-8-20-29-16-5-1-2-6-17(16)30-20/h1-7,10,13,25H,8-9,11-12,14H2,(H,27,28)(H,29,32);1-7,10,13,25H,8-9,11-12,14H2,(H,27,28)(H,29,30). The maximum atomic E-state index is 13.8. The lowest BCUT2D eigenvalue weighted by atomic mass is 10.2. The van der Waals surface area contributed by atoms with Gasteiger partial charge in [0, 0.05) is 82.7 Å². The highest BCUT2D eigenvalue weighted by molar-refractivity contribution is 7.19. The molecule has 21 heteroatoms. The smallest absolute Gasteiger partial charge is 0.292 e. The van der Waals surface area contributed by atoms with Crippen LogP contribution >= 0.6 is 22.7 Å². The van der Waals surface area contributed by atoms with Gasteiger partial charge in [0.15, 0.2) is 11.6 Å². The first-order valence-electron chi connectivity index (χ1n) is 21.3. The molecule has 17 nitrogen and oxygen atoms in total. The third kappa shape index (κ3) is 12.5. The number of nitrogens with zero attached hydrogens (tertiary/aromatic N) is 8. The largest absolute Gasteiger partial charge is 0.362 e. The summed E-state index contributed by atoms with van der Waals surface area (Å²) in [5, 5.41) is 28.5. The molecule has 0 saturated heterocycles. The second-order valence-corrected chi connectivity index (χ2v) is 17.1. The van der Waals surface area contributed by atoms with Crippen LogP contribution in [0.15, 0.2) is 110 Å². The average Bonchev–Trinajstić information content (AvgIpc) is 4.08. The van der Waals surface area contributed by atoms with E-state index < -0.39 is 4.92 Å². The van der Waals surface area contributed by atoms with Crippen molar-refractivity contribution in [2.24, 2.45) is 0 Å². The van der Waals surface area contributed by atoms with E-state index in [0.29, 0.717) is 48.1 Å². The van der Waals surface area contributed by atoms with Gasteiger partial charge in [-0.3, -0.25) is 24.9 Å². The van der Waals surface area contributed by atoms with Gasteiger partial charge < -0.3 is 31.6 Å². The quantitative estimate of drug-likeness (QED) is 0.0242. The van der Waals surface area contributed by atoms with Gasteiger partial charge in [-0.15, -0.1) is 22.7 Å². The normalized spacial score (nSPS) is 11.1. The SMILES string of the molecule is Fc1cccnc1CNc1nccc2sc(CCNCCc3nc4ccccc4[nH]3)nc12.O=C(CCNCCc1nc2c(NCc3ncccc3F)nccc2s1)Nc1ccccc1[N+](=O)[O-]. The molecule has 342 valence electrons. The second kappa shape index (κ2) is 22.6. The molecule has 6 N–H and O–H groups in total. The Morgan fingerprint density at radius 1 is 0.642 bits per heavy atom. The van der Waals surface area contributed by atoms with Crippen molar-refractivity contribution in [1.29, 1.82) is 0 Å². The van der Waals surface area contributed by atoms with Crippen LogP contribution in [-0.2, 0) is 37.1 Å². The van der Waals surface area contributed by atoms with Gasteiger partial charge >= 0.3 is 0 Å². The fourth-order valence-corrected chi connectivity index (χ4v) is 8.76. The highest BCUT2D eigenvalue weighted by atomic mass is 32.1. The van der Waals surface area contributed by atoms with Crippen LogP contribution in [-0.4, -0.2) is 76.9 Å². The lowest BCUT2D eigenvalue weighted by Gasteiger charge is -2.06. The first-order valence-corrected chi connectivity index (χ1v) is 22.9. The molecular formula is C46H44F2N14O3S2. The van der Waals surface area contributed by atoms with Crippen molar-refractivity contribution in [3.05, 3.63) is 159 Å². The molecule has 9 aromatic rings. The second-order valence-electron chi connectivity index (χ2n) is 14.8. The molecule has 0 radical (unpaired) electrons. The van der Waals surface area contributed by atoms with E-state index in [2.05, 4.69) is 61.5 Å². The number of pyridine rings is 4. The summed E-state index contributed by atoms with van der Waals surface area (Å²) in [5.74, 6) is 1.18. The number of hydrogen-bond acceptors (Lipinski definition) is 16. The number of halogens is 2. The van der Waals surface area contributed by atoms with E-state index in [9.17, 15) is 23.7 Å². The number of anilines is 3. The van der Waals surface area contributed by atoms with Gasteiger partial charge in [0.1, 0.15) is 34.2 Å². The van der Waals surface area contributed by atoms with Crippen molar-refractivity contribution in [2.75, 3.05) is 42.1 Å². The molecule has 0 bridgehead atoms. The number of thiazole rings is 2. The minimum absolute atomic E-state index is 0.141. The number of carbonyl (C=O) groups excluding carboxylic acids is 1. The van der Waals surface area contributed by atoms with Crippen LogP contribution < -0.4 is 26.6 Å². The van der Waals surface area contributed by atoms with Crippen molar-refractivity contribution in [1.82, 2.24) is 50.5 Å². The predicted octanol–water partition coefficient (Wildman–Crippen LogP) is 8.00. The monoisotopic (exact) mass is 942 g/mol.